The molecule has 11 aromatic rings. The van der Waals surface area contributed by atoms with E-state index in [0.717, 1.165) is 71.5 Å². The summed E-state index contributed by atoms with van der Waals surface area (Å²) >= 11 is 0. The molecule has 256 valence electrons. The molecule has 55 heavy (non-hydrogen) atoms. The van der Waals surface area contributed by atoms with E-state index in [9.17, 15) is 0 Å². The highest BCUT2D eigenvalue weighted by Gasteiger charge is 2.19. The van der Waals surface area contributed by atoms with Crippen LogP contribution in [0.3, 0.4) is 0 Å². The summed E-state index contributed by atoms with van der Waals surface area (Å²) in [6.45, 7) is 0. The van der Waals surface area contributed by atoms with E-state index in [-0.39, 0.29) is 0 Å². The molecular weight excluding hydrogens is 671 g/mol. The van der Waals surface area contributed by atoms with Crippen molar-refractivity contribution in [3.05, 3.63) is 188 Å². The monoisotopic (exact) mass is 701 g/mol. The molecule has 0 aliphatic heterocycles. The van der Waals surface area contributed by atoms with Crippen LogP contribution in [0.15, 0.2) is 192 Å². The van der Waals surface area contributed by atoms with Crippen molar-refractivity contribution in [2.45, 2.75) is 0 Å². The van der Waals surface area contributed by atoms with Gasteiger partial charge in [0.05, 0.1) is 0 Å². The van der Waals surface area contributed by atoms with Gasteiger partial charge in [-0.25, -0.2) is 15.0 Å². The minimum absolute atomic E-state index is 0.631. The Labute approximate surface area is 317 Å². The Kier molecular flexibility index (Phi) is 7.14. The van der Waals surface area contributed by atoms with E-state index < -0.39 is 0 Å². The van der Waals surface area contributed by atoms with Gasteiger partial charge in [0.2, 0.25) is 0 Å². The molecular formula is C51H31N3O. The quantitative estimate of drug-likeness (QED) is 0.179. The highest BCUT2D eigenvalue weighted by Crippen LogP contribution is 2.43. The van der Waals surface area contributed by atoms with Gasteiger partial charge in [-0.2, -0.15) is 0 Å². The summed E-state index contributed by atoms with van der Waals surface area (Å²) in [6, 6.07) is 65.8. The maximum atomic E-state index is 6.51. The van der Waals surface area contributed by atoms with Gasteiger partial charge >= 0.3 is 0 Å². The van der Waals surface area contributed by atoms with Gasteiger partial charge < -0.3 is 4.42 Å². The molecule has 0 radical (unpaired) electrons. The predicted molar refractivity (Wildman–Crippen MR) is 227 cm³/mol. The zero-order valence-corrected chi connectivity index (χ0v) is 29.6. The van der Waals surface area contributed by atoms with Crippen LogP contribution in [0, 0.1) is 0 Å². The molecule has 0 aliphatic rings. The largest absolute Gasteiger partial charge is 0.456 e. The van der Waals surface area contributed by atoms with Crippen LogP contribution in [0.4, 0.5) is 0 Å². The standard InChI is InChI=1S/C51H31N3O/c1-2-14-34(15-3-1)49-52-50(37-25-24-32-12-4-5-16-35(32)30-37)54-51(53-49)44-28-27-42(40-19-8-9-20-41(40)44)43-22-11-23-47-48(43)45-31-36(26-29-46(45)55-47)39-21-10-17-33-13-6-7-18-38(33)39/h1-31H. The van der Waals surface area contributed by atoms with Crippen molar-refractivity contribution in [3.63, 3.8) is 0 Å². The van der Waals surface area contributed by atoms with E-state index in [1.165, 1.54) is 21.7 Å². The topological polar surface area (TPSA) is 51.8 Å². The summed E-state index contributed by atoms with van der Waals surface area (Å²) in [5.41, 5.74) is 9.17. The third-order valence-corrected chi connectivity index (χ3v) is 10.7. The lowest BCUT2D eigenvalue weighted by Crippen LogP contribution is -2.00. The second-order valence-corrected chi connectivity index (χ2v) is 14.0. The molecule has 11 rings (SSSR count). The molecule has 0 amide bonds. The van der Waals surface area contributed by atoms with Crippen molar-refractivity contribution in [1.29, 1.82) is 0 Å². The van der Waals surface area contributed by atoms with Gasteiger partial charge in [0, 0.05) is 27.5 Å². The summed E-state index contributed by atoms with van der Waals surface area (Å²) < 4.78 is 6.51. The Morgan fingerprint density at radius 2 is 0.909 bits per heavy atom. The molecule has 4 heteroatoms. The number of hydrogen-bond acceptors (Lipinski definition) is 4. The van der Waals surface area contributed by atoms with E-state index in [1.807, 2.05) is 30.3 Å². The lowest BCUT2D eigenvalue weighted by molar-refractivity contribution is 0.669. The van der Waals surface area contributed by atoms with Crippen LogP contribution in [0.2, 0.25) is 0 Å². The minimum Gasteiger partial charge on any atom is -0.456 e. The summed E-state index contributed by atoms with van der Waals surface area (Å²) in [5.74, 6) is 1.91. The van der Waals surface area contributed by atoms with Gasteiger partial charge in [-0.1, -0.05) is 158 Å². The Bertz CT molecular complexity index is 3270. The van der Waals surface area contributed by atoms with Crippen molar-refractivity contribution in [3.8, 4) is 56.4 Å². The van der Waals surface area contributed by atoms with Crippen molar-refractivity contribution < 1.29 is 4.42 Å². The Morgan fingerprint density at radius 3 is 1.76 bits per heavy atom. The number of hydrogen-bond donors (Lipinski definition) is 0. The summed E-state index contributed by atoms with van der Waals surface area (Å²) in [4.78, 5) is 15.3. The van der Waals surface area contributed by atoms with E-state index in [2.05, 4.69) is 158 Å². The first-order valence-electron chi connectivity index (χ1n) is 18.5. The average molecular weight is 702 g/mol. The van der Waals surface area contributed by atoms with Gasteiger partial charge in [-0.15, -0.1) is 0 Å². The van der Waals surface area contributed by atoms with Crippen LogP contribution in [0.1, 0.15) is 0 Å². The molecule has 0 aliphatic carbocycles. The van der Waals surface area contributed by atoms with Crippen LogP contribution < -0.4 is 0 Å². The molecule has 0 fully saturated rings. The molecule has 0 atom stereocenters. The fourth-order valence-electron chi connectivity index (χ4n) is 8.10. The average Bonchev–Trinajstić information content (AvgIpc) is 3.64. The van der Waals surface area contributed by atoms with Crippen molar-refractivity contribution in [2.24, 2.45) is 0 Å². The van der Waals surface area contributed by atoms with E-state index in [1.54, 1.807) is 0 Å². The second kappa shape index (κ2) is 12.6. The maximum Gasteiger partial charge on any atom is 0.164 e. The molecule has 0 saturated heterocycles. The van der Waals surface area contributed by atoms with Crippen LogP contribution in [0.25, 0.3) is 111 Å². The number of furan rings is 1. The summed E-state index contributed by atoms with van der Waals surface area (Å²) in [7, 11) is 0. The summed E-state index contributed by atoms with van der Waals surface area (Å²) in [5, 5.41) is 9.15. The molecule has 0 bridgehead atoms. The molecule has 0 spiro atoms. The van der Waals surface area contributed by atoms with Gasteiger partial charge in [-0.05, 0) is 84.9 Å². The molecule has 0 saturated carbocycles. The molecule has 2 heterocycles. The molecule has 4 nitrogen and oxygen atoms in total. The lowest BCUT2D eigenvalue weighted by atomic mass is 9.91. The van der Waals surface area contributed by atoms with Gasteiger partial charge in [0.15, 0.2) is 17.5 Å². The molecule has 0 unspecified atom stereocenters. The summed E-state index contributed by atoms with van der Waals surface area (Å²) in [6.07, 6.45) is 0. The Balaban J connectivity index is 1.10. The first kappa shape index (κ1) is 31.1. The molecule has 2 aromatic heterocycles. The van der Waals surface area contributed by atoms with Crippen molar-refractivity contribution in [2.75, 3.05) is 0 Å². The Morgan fingerprint density at radius 1 is 0.291 bits per heavy atom. The van der Waals surface area contributed by atoms with E-state index in [0.29, 0.717) is 17.5 Å². The predicted octanol–water partition coefficient (Wildman–Crippen LogP) is 13.6. The smallest absolute Gasteiger partial charge is 0.164 e. The minimum atomic E-state index is 0.631. The van der Waals surface area contributed by atoms with Gasteiger partial charge in [-0.3, -0.25) is 0 Å². The normalized spacial score (nSPS) is 11.6. The Hall–Kier alpha value is -7.43. The third-order valence-electron chi connectivity index (χ3n) is 10.7. The lowest BCUT2D eigenvalue weighted by Gasteiger charge is -2.14. The number of aromatic nitrogens is 3. The van der Waals surface area contributed by atoms with Gasteiger partial charge in [0.25, 0.3) is 0 Å². The zero-order valence-electron chi connectivity index (χ0n) is 29.6. The third kappa shape index (κ3) is 5.26. The maximum absolute atomic E-state index is 6.51. The fourth-order valence-corrected chi connectivity index (χ4v) is 8.10. The zero-order chi connectivity index (χ0) is 36.3. The second-order valence-electron chi connectivity index (χ2n) is 14.0. The van der Waals surface area contributed by atoms with Crippen molar-refractivity contribution in [1.82, 2.24) is 15.0 Å². The van der Waals surface area contributed by atoms with E-state index in [4.69, 9.17) is 19.4 Å². The van der Waals surface area contributed by atoms with Gasteiger partial charge in [0.1, 0.15) is 11.2 Å². The van der Waals surface area contributed by atoms with Crippen LogP contribution >= 0.6 is 0 Å². The van der Waals surface area contributed by atoms with Crippen LogP contribution in [-0.4, -0.2) is 15.0 Å². The van der Waals surface area contributed by atoms with Crippen LogP contribution in [0.5, 0.6) is 0 Å². The number of nitrogens with zero attached hydrogens (tertiary/aromatic N) is 3. The number of fused-ring (bicyclic) bond motifs is 6. The number of benzene rings is 9. The van der Waals surface area contributed by atoms with Crippen molar-refractivity contribution >= 4 is 54.3 Å². The number of rotatable bonds is 5. The van der Waals surface area contributed by atoms with E-state index >= 15 is 0 Å². The highest BCUT2D eigenvalue weighted by molar-refractivity contribution is 6.17. The van der Waals surface area contributed by atoms with Crippen LogP contribution in [-0.2, 0) is 0 Å². The SMILES string of the molecule is c1ccc(-c2nc(-c3ccc4ccccc4c3)nc(-c3ccc(-c4cccc5oc6ccc(-c7cccc8ccccc78)cc6c45)c4ccccc34)n2)cc1. The molecule has 0 N–H and O–H groups in total. The first-order valence-corrected chi connectivity index (χ1v) is 18.5. The fraction of sp³-hybridized carbons (Fsp3) is 0. The molecule has 9 aromatic carbocycles. The highest BCUT2D eigenvalue weighted by atomic mass is 16.3. The first-order chi connectivity index (χ1) is 27.2.